The molecule has 0 aliphatic carbocycles. The number of carbonyl (C=O) groups excluding carboxylic acids is 1. The van der Waals surface area contributed by atoms with Crippen molar-refractivity contribution in [2.75, 3.05) is 13.3 Å². The number of fused-ring (bicyclic) bond motifs is 1. The lowest BCUT2D eigenvalue weighted by Crippen LogP contribution is -2.29. The standard InChI is InChI=1S/C14H18N2O6/c1-10(15-6-2-3-14(17)22-16(18)19)7-11-4-5-12-13(8-11)21-9-20-12/h4-5,8,10,15H,2-3,6-7,9H2,1H3/t10-/m1/s1. The molecular weight excluding hydrogens is 292 g/mol. The minimum absolute atomic E-state index is 0.0186. The summed E-state index contributed by atoms with van der Waals surface area (Å²) < 4.78 is 10.6. The zero-order chi connectivity index (χ0) is 15.9. The van der Waals surface area contributed by atoms with E-state index in [1.165, 1.54) is 0 Å². The van der Waals surface area contributed by atoms with E-state index >= 15 is 0 Å². The molecule has 22 heavy (non-hydrogen) atoms. The summed E-state index contributed by atoms with van der Waals surface area (Å²) in [7, 11) is 0. The first-order valence-electron chi connectivity index (χ1n) is 7.01. The summed E-state index contributed by atoms with van der Waals surface area (Å²) in [6.07, 6.45) is 1.30. The van der Waals surface area contributed by atoms with Crippen LogP contribution in [0, 0.1) is 10.1 Å². The van der Waals surface area contributed by atoms with Crippen LogP contribution < -0.4 is 14.8 Å². The molecule has 1 N–H and O–H groups in total. The second-order valence-corrected chi connectivity index (χ2v) is 5.04. The average molecular weight is 310 g/mol. The molecule has 1 aliphatic heterocycles. The number of hydrogen-bond acceptors (Lipinski definition) is 7. The lowest BCUT2D eigenvalue weighted by molar-refractivity contribution is -0.729. The van der Waals surface area contributed by atoms with Gasteiger partial charge in [-0.25, -0.2) is 4.84 Å². The summed E-state index contributed by atoms with van der Waals surface area (Å²) in [5.41, 5.74) is 1.12. The second-order valence-electron chi connectivity index (χ2n) is 5.04. The fourth-order valence-electron chi connectivity index (χ4n) is 2.20. The van der Waals surface area contributed by atoms with Gasteiger partial charge >= 0.3 is 11.1 Å². The van der Waals surface area contributed by atoms with Gasteiger partial charge < -0.3 is 14.8 Å². The highest BCUT2D eigenvalue weighted by atomic mass is 17.0. The monoisotopic (exact) mass is 310 g/mol. The Morgan fingerprint density at radius 1 is 1.45 bits per heavy atom. The van der Waals surface area contributed by atoms with Crippen LogP contribution in [-0.2, 0) is 16.1 Å². The number of rotatable bonds is 8. The van der Waals surface area contributed by atoms with Crippen LogP contribution in [0.5, 0.6) is 11.5 Å². The van der Waals surface area contributed by atoms with E-state index in [-0.39, 0.29) is 19.3 Å². The molecule has 0 amide bonds. The van der Waals surface area contributed by atoms with Crippen molar-refractivity contribution in [3.8, 4) is 11.5 Å². The normalized spacial score (nSPS) is 13.7. The zero-order valence-corrected chi connectivity index (χ0v) is 12.2. The van der Waals surface area contributed by atoms with Crippen molar-refractivity contribution >= 4 is 5.97 Å². The summed E-state index contributed by atoms with van der Waals surface area (Å²) >= 11 is 0. The van der Waals surface area contributed by atoms with Crippen LogP contribution in [0.3, 0.4) is 0 Å². The fourth-order valence-corrected chi connectivity index (χ4v) is 2.20. The lowest BCUT2D eigenvalue weighted by Gasteiger charge is -2.14. The smallest absolute Gasteiger partial charge is 0.303 e. The highest BCUT2D eigenvalue weighted by Crippen LogP contribution is 2.32. The number of benzene rings is 1. The van der Waals surface area contributed by atoms with Gasteiger partial charge in [0.1, 0.15) is 0 Å². The third-order valence-electron chi connectivity index (χ3n) is 3.21. The molecule has 120 valence electrons. The topological polar surface area (TPSA) is 99.9 Å². The van der Waals surface area contributed by atoms with E-state index < -0.39 is 11.1 Å². The van der Waals surface area contributed by atoms with E-state index in [0.29, 0.717) is 13.0 Å². The predicted octanol–water partition coefficient (Wildman–Crippen LogP) is 1.45. The highest BCUT2D eigenvalue weighted by Gasteiger charge is 2.14. The van der Waals surface area contributed by atoms with Crippen LogP contribution in [0.25, 0.3) is 0 Å². The van der Waals surface area contributed by atoms with E-state index in [1.807, 2.05) is 25.1 Å². The molecule has 1 atom stereocenters. The Bertz CT molecular complexity index is 548. The van der Waals surface area contributed by atoms with Crippen molar-refractivity contribution in [2.45, 2.75) is 32.2 Å². The summed E-state index contributed by atoms with van der Waals surface area (Å²) in [5.74, 6) is 0.691. The Morgan fingerprint density at radius 2 is 2.23 bits per heavy atom. The Hall–Kier alpha value is -2.35. The Labute approximate surface area is 127 Å². The van der Waals surface area contributed by atoms with Crippen LogP contribution in [0.2, 0.25) is 0 Å². The Kier molecular flexibility index (Phi) is 5.54. The fraction of sp³-hybridized carbons (Fsp3) is 0.500. The van der Waals surface area contributed by atoms with E-state index in [4.69, 9.17) is 9.47 Å². The van der Waals surface area contributed by atoms with Gasteiger partial charge in [0.25, 0.3) is 0 Å². The minimum atomic E-state index is -1.09. The molecule has 1 aromatic carbocycles. The molecule has 0 saturated carbocycles. The van der Waals surface area contributed by atoms with E-state index in [0.717, 1.165) is 23.5 Å². The first kappa shape index (κ1) is 16.0. The number of hydrogen-bond donors (Lipinski definition) is 1. The van der Waals surface area contributed by atoms with Gasteiger partial charge in [-0.3, -0.25) is 4.79 Å². The number of nitrogens with zero attached hydrogens (tertiary/aromatic N) is 1. The number of carbonyl (C=O) groups is 1. The maximum Gasteiger partial charge on any atom is 0.303 e. The molecule has 0 unspecified atom stereocenters. The molecule has 2 rings (SSSR count). The van der Waals surface area contributed by atoms with Gasteiger partial charge in [0.2, 0.25) is 6.79 Å². The molecule has 1 aliphatic rings. The van der Waals surface area contributed by atoms with Crippen LogP contribution in [0.1, 0.15) is 25.3 Å². The van der Waals surface area contributed by atoms with E-state index in [1.54, 1.807) is 0 Å². The SMILES string of the molecule is C[C@H](Cc1ccc2c(c1)OCO2)NCCCC(=O)O[N+](=O)[O-]. The second kappa shape index (κ2) is 7.60. The lowest BCUT2D eigenvalue weighted by atomic mass is 10.1. The molecule has 1 heterocycles. The average Bonchev–Trinajstić information content (AvgIpc) is 2.90. The van der Waals surface area contributed by atoms with Gasteiger partial charge in [0.15, 0.2) is 11.5 Å². The number of ether oxygens (including phenoxy) is 2. The maximum atomic E-state index is 11.0. The van der Waals surface area contributed by atoms with Crippen LogP contribution >= 0.6 is 0 Å². The Balaban J connectivity index is 1.66. The van der Waals surface area contributed by atoms with Crippen molar-refractivity contribution in [2.24, 2.45) is 0 Å². The molecule has 0 fully saturated rings. The summed E-state index contributed by atoms with van der Waals surface area (Å²) in [5, 5.41) is 12.1. The first-order valence-corrected chi connectivity index (χ1v) is 7.01. The first-order chi connectivity index (χ1) is 10.5. The zero-order valence-electron chi connectivity index (χ0n) is 12.2. The summed E-state index contributed by atoms with van der Waals surface area (Å²) in [6.45, 7) is 2.87. The molecule has 8 heteroatoms. The Morgan fingerprint density at radius 3 is 3.00 bits per heavy atom. The van der Waals surface area contributed by atoms with Gasteiger partial charge in [-0.1, -0.05) is 6.07 Å². The van der Waals surface area contributed by atoms with Gasteiger partial charge in [-0.2, -0.15) is 0 Å². The predicted molar refractivity (Wildman–Crippen MR) is 76.1 cm³/mol. The molecule has 0 saturated heterocycles. The molecule has 0 bridgehead atoms. The molecule has 0 aromatic heterocycles. The maximum absolute atomic E-state index is 11.0. The molecule has 8 nitrogen and oxygen atoms in total. The van der Waals surface area contributed by atoms with Gasteiger partial charge in [-0.15, -0.1) is 10.1 Å². The van der Waals surface area contributed by atoms with Gasteiger partial charge in [0.05, 0.1) is 0 Å². The number of nitrogens with one attached hydrogen (secondary N) is 1. The molecular formula is C14H18N2O6. The summed E-state index contributed by atoms with van der Waals surface area (Å²) in [6, 6.07) is 6.03. The largest absolute Gasteiger partial charge is 0.454 e. The quantitative estimate of drug-likeness (QED) is 0.440. The van der Waals surface area contributed by atoms with Crippen LogP contribution in [0.4, 0.5) is 0 Å². The molecule has 0 spiro atoms. The minimum Gasteiger partial charge on any atom is -0.454 e. The van der Waals surface area contributed by atoms with E-state index in [9.17, 15) is 14.9 Å². The van der Waals surface area contributed by atoms with Crippen molar-refractivity contribution in [1.82, 2.24) is 5.32 Å². The highest BCUT2D eigenvalue weighted by molar-refractivity contribution is 5.68. The van der Waals surface area contributed by atoms with Gasteiger partial charge in [0, 0.05) is 12.5 Å². The van der Waals surface area contributed by atoms with Gasteiger partial charge in [-0.05, 0) is 44.0 Å². The molecule has 1 aromatic rings. The van der Waals surface area contributed by atoms with Crippen molar-refractivity contribution < 1.29 is 24.2 Å². The third-order valence-corrected chi connectivity index (χ3v) is 3.21. The van der Waals surface area contributed by atoms with Crippen molar-refractivity contribution in [1.29, 1.82) is 0 Å². The van der Waals surface area contributed by atoms with Crippen LogP contribution in [0.15, 0.2) is 18.2 Å². The van der Waals surface area contributed by atoms with E-state index in [2.05, 4.69) is 10.2 Å². The van der Waals surface area contributed by atoms with Crippen LogP contribution in [-0.4, -0.2) is 30.4 Å². The molecule has 0 radical (unpaired) electrons. The van der Waals surface area contributed by atoms with Crippen molar-refractivity contribution in [3.05, 3.63) is 33.9 Å². The summed E-state index contributed by atoms with van der Waals surface area (Å²) in [4.78, 5) is 24.8. The third kappa shape index (κ3) is 4.88. The van der Waals surface area contributed by atoms with Crippen molar-refractivity contribution in [3.63, 3.8) is 0 Å².